The number of rotatable bonds is 3. The number of aromatic nitrogens is 3. The summed E-state index contributed by atoms with van der Waals surface area (Å²) in [7, 11) is 0. The number of carboxylic acid groups (broad SMARTS) is 1. The fourth-order valence-electron chi connectivity index (χ4n) is 3.80. The van der Waals surface area contributed by atoms with E-state index in [9.17, 15) is 0 Å². The van der Waals surface area contributed by atoms with Crippen LogP contribution >= 0.6 is 0 Å². The molecule has 0 atom stereocenters. The molecule has 1 aromatic rings. The minimum Gasteiger partial charge on any atom is -0.483 e. The van der Waals surface area contributed by atoms with Crippen LogP contribution in [0.4, 0.5) is 0 Å². The second-order valence-corrected chi connectivity index (χ2v) is 7.04. The Morgan fingerprint density at radius 3 is 2.52 bits per heavy atom. The fraction of sp³-hybridized carbons (Fsp3) is 0.824. The smallest absolute Gasteiger partial charge is 0.290 e. The van der Waals surface area contributed by atoms with Gasteiger partial charge in [0.15, 0.2) is 5.82 Å². The van der Waals surface area contributed by atoms with Crippen LogP contribution in [0.3, 0.4) is 0 Å². The lowest BCUT2D eigenvalue weighted by molar-refractivity contribution is -0.122. The van der Waals surface area contributed by atoms with Crippen LogP contribution in [-0.4, -0.2) is 50.9 Å². The highest BCUT2D eigenvalue weighted by Crippen LogP contribution is 2.38. The summed E-state index contributed by atoms with van der Waals surface area (Å²) in [6.45, 7) is 4.44. The zero-order chi connectivity index (χ0) is 16.1. The number of fused-ring (bicyclic) bond motifs is 1. The summed E-state index contributed by atoms with van der Waals surface area (Å²) in [4.78, 5) is 15.8. The highest BCUT2D eigenvalue weighted by Gasteiger charge is 2.29. The third-order valence-electron chi connectivity index (χ3n) is 5.23. The summed E-state index contributed by atoms with van der Waals surface area (Å²) < 4.78 is 2.19. The number of hydrogen-bond acceptors (Lipinski definition) is 4. The summed E-state index contributed by atoms with van der Waals surface area (Å²) in [5, 5.41) is 11.6. The van der Waals surface area contributed by atoms with Crippen molar-refractivity contribution in [2.24, 2.45) is 5.92 Å². The molecule has 1 N–H and O–H groups in total. The first-order valence-corrected chi connectivity index (χ1v) is 9.04. The van der Waals surface area contributed by atoms with Crippen LogP contribution in [0.15, 0.2) is 0 Å². The Balaban J connectivity index is 0.000000485. The van der Waals surface area contributed by atoms with Crippen molar-refractivity contribution in [2.75, 3.05) is 19.6 Å². The summed E-state index contributed by atoms with van der Waals surface area (Å²) >= 11 is 0. The minimum absolute atomic E-state index is 0.250. The van der Waals surface area contributed by atoms with Gasteiger partial charge in [0, 0.05) is 32.0 Å². The monoisotopic (exact) mass is 320 g/mol. The molecule has 1 aliphatic heterocycles. The number of nitrogens with zero attached hydrogens (tertiary/aromatic N) is 4. The first-order valence-electron chi connectivity index (χ1n) is 9.04. The molecule has 0 saturated heterocycles. The third kappa shape index (κ3) is 4.53. The fourth-order valence-corrected chi connectivity index (χ4v) is 3.80. The molecular formula is C17H28N4O2. The van der Waals surface area contributed by atoms with E-state index in [2.05, 4.69) is 9.58 Å². The van der Waals surface area contributed by atoms with Crippen molar-refractivity contribution in [1.29, 1.82) is 0 Å². The van der Waals surface area contributed by atoms with Crippen molar-refractivity contribution in [1.82, 2.24) is 19.7 Å². The molecule has 0 bridgehead atoms. The van der Waals surface area contributed by atoms with E-state index in [1.807, 2.05) is 0 Å². The number of hydrogen-bond donors (Lipinski definition) is 1. The van der Waals surface area contributed by atoms with E-state index in [1.165, 1.54) is 63.9 Å². The molecule has 23 heavy (non-hydrogen) atoms. The van der Waals surface area contributed by atoms with Crippen LogP contribution in [0, 0.1) is 5.92 Å². The molecule has 0 unspecified atom stereocenters. The van der Waals surface area contributed by atoms with Crippen LogP contribution < -0.4 is 0 Å². The molecule has 0 aromatic carbocycles. The standard InChI is InChI=1S/C16H26N4.CH2O2/c1-2-4-13(5-3-1)12-19-9-8-15-17-16(14-6-7-14)18-20(15)11-10-19;2-1-3/h13-14H,1-12H2;1H,(H,2,3). The molecule has 6 nitrogen and oxygen atoms in total. The van der Waals surface area contributed by atoms with Crippen LogP contribution in [-0.2, 0) is 17.8 Å². The highest BCUT2D eigenvalue weighted by atomic mass is 16.3. The van der Waals surface area contributed by atoms with E-state index in [-0.39, 0.29) is 6.47 Å². The molecule has 128 valence electrons. The Morgan fingerprint density at radius 1 is 1.09 bits per heavy atom. The molecule has 2 fully saturated rings. The molecule has 1 aromatic heterocycles. The molecule has 2 saturated carbocycles. The highest BCUT2D eigenvalue weighted by molar-refractivity contribution is 5.32. The van der Waals surface area contributed by atoms with Crippen LogP contribution in [0.1, 0.15) is 62.5 Å². The average Bonchev–Trinajstić information content (AvgIpc) is 3.35. The van der Waals surface area contributed by atoms with Gasteiger partial charge in [-0.3, -0.25) is 4.79 Å². The summed E-state index contributed by atoms with van der Waals surface area (Å²) in [5.41, 5.74) is 0. The Bertz CT molecular complexity index is 481. The zero-order valence-electron chi connectivity index (χ0n) is 13.9. The van der Waals surface area contributed by atoms with Gasteiger partial charge >= 0.3 is 0 Å². The van der Waals surface area contributed by atoms with Gasteiger partial charge in [-0.2, -0.15) is 5.10 Å². The maximum atomic E-state index is 8.36. The van der Waals surface area contributed by atoms with Gasteiger partial charge in [-0.15, -0.1) is 0 Å². The van der Waals surface area contributed by atoms with E-state index >= 15 is 0 Å². The molecular weight excluding hydrogens is 292 g/mol. The first kappa shape index (κ1) is 16.4. The SMILES string of the molecule is C1CCC(CN2CCc3nc(C4CC4)nn3CC2)CC1.O=CO. The molecule has 0 amide bonds. The normalized spacial score (nSPS) is 22.6. The van der Waals surface area contributed by atoms with Crippen molar-refractivity contribution >= 4 is 6.47 Å². The maximum absolute atomic E-state index is 8.36. The Morgan fingerprint density at radius 2 is 1.83 bits per heavy atom. The summed E-state index contributed by atoms with van der Waals surface area (Å²) in [6.07, 6.45) is 11.0. The molecule has 6 heteroatoms. The summed E-state index contributed by atoms with van der Waals surface area (Å²) in [5.74, 6) is 4.00. The summed E-state index contributed by atoms with van der Waals surface area (Å²) in [6, 6.07) is 0. The van der Waals surface area contributed by atoms with E-state index in [0.717, 1.165) is 31.3 Å². The van der Waals surface area contributed by atoms with E-state index in [4.69, 9.17) is 20.0 Å². The van der Waals surface area contributed by atoms with E-state index in [0.29, 0.717) is 5.92 Å². The lowest BCUT2D eigenvalue weighted by Gasteiger charge is -2.28. The van der Waals surface area contributed by atoms with Gasteiger partial charge in [-0.1, -0.05) is 19.3 Å². The largest absolute Gasteiger partial charge is 0.483 e. The minimum atomic E-state index is -0.250. The topological polar surface area (TPSA) is 71.2 Å². The average molecular weight is 320 g/mol. The van der Waals surface area contributed by atoms with Gasteiger partial charge < -0.3 is 10.0 Å². The molecule has 0 spiro atoms. The predicted molar refractivity (Wildman–Crippen MR) is 87.4 cm³/mol. The van der Waals surface area contributed by atoms with Gasteiger partial charge in [0.2, 0.25) is 0 Å². The van der Waals surface area contributed by atoms with Gasteiger partial charge in [0.25, 0.3) is 6.47 Å². The number of carbonyl (C=O) groups is 1. The molecule has 0 radical (unpaired) electrons. The lowest BCUT2D eigenvalue weighted by atomic mass is 9.89. The van der Waals surface area contributed by atoms with Gasteiger partial charge in [0.1, 0.15) is 5.82 Å². The molecule has 2 heterocycles. The van der Waals surface area contributed by atoms with E-state index in [1.54, 1.807) is 0 Å². The van der Waals surface area contributed by atoms with Crippen molar-refractivity contribution in [3.8, 4) is 0 Å². The van der Waals surface area contributed by atoms with Gasteiger partial charge in [-0.25, -0.2) is 9.67 Å². The van der Waals surface area contributed by atoms with Crippen molar-refractivity contribution < 1.29 is 9.90 Å². The van der Waals surface area contributed by atoms with Gasteiger partial charge in [0.05, 0.1) is 6.54 Å². The maximum Gasteiger partial charge on any atom is 0.290 e. The molecule has 3 aliphatic rings. The van der Waals surface area contributed by atoms with Crippen molar-refractivity contribution in [2.45, 2.75) is 63.8 Å². The van der Waals surface area contributed by atoms with Crippen LogP contribution in [0.25, 0.3) is 0 Å². The second-order valence-electron chi connectivity index (χ2n) is 7.04. The van der Waals surface area contributed by atoms with Crippen molar-refractivity contribution in [3.63, 3.8) is 0 Å². The molecule has 2 aliphatic carbocycles. The second kappa shape index (κ2) is 7.90. The van der Waals surface area contributed by atoms with Crippen LogP contribution in [0.2, 0.25) is 0 Å². The Hall–Kier alpha value is -1.43. The Labute approximate surface area is 137 Å². The Kier molecular flexibility index (Phi) is 5.65. The third-order valence-corrected chi connectivity index (χ3v) is 5.23. The van der Waals surface area contributed by atoms with Crippen LogP contribution in [0.5, 0.6) is 0 Å². The quantitative estimate of drug-likeness (QED) is 0.865. The first-order chi connectivity index (χ1) is 11.3. The lowest BCUT2D eigenvalue weighted by Crippen LogP contribution is -2.33. The zero-order valence-corrected chi connectivity index (χ0v) is 13.9. The van der Waals surface area contributed by atoms with Gasteiger partial charge in [-0.05, 0) is 31.6 Å². The van der Waals surface area contributed by atoms with E-state index < -0.39 is 0 Å². The predicted octanol–water partition coefficient (Wildman–Crippen LogP) is 2.29. The molecule has 4 rings (SSSR count). The van der Waals surface area contributed by atoms with Crippen molar-refractivity contribution in [3.05, 3.63) is 11.6 Å².